The topological polar surface area (TPSA) is 55.1 Å². The standard InChI is InChI=1S/C20H25N5/c1-3-25(4-2)14-8-13-22-20-17-10-5-6-11-18(17)23-19(24-20)16-9-7-12-21-15-16/h5-7,9-12,15H,3-4,8,13-14H2,1-2H3,(H,22,23,24)/p+1. The molecular formula is C20H26N5+. The van der Waals surface area contributed by atoms with E-state index in [2.05, 4.69) is 30.2 Å². The molecule has 0 aliphatic carbocycles. The molecule has 2 N–H and O–H groups in total. The number of fused-ring (bicyclic) bond motifs is 1. The van der Waals surface area contributed by atoms with Gasteiger partial charge in [-0.3, -0.25) is 4.98 Å². The fraction of sp³-hybridized carbons (Fsp3) is 0.350. The largest absolute Gasteiger partial charge is 0.369 e. The average Bonchev–Trinajstić information content (AvgIpc) is 2.68. The third-order valence-electron chi connectivity index (χ3n) is 4.52. The molecule has 25 heavy (non-hydrogen) atoms. The van der Waals surface area contributed by atoms with Gasteiger partial charge in [-0.05, 0) is 38.1 Å². The molecule has 0 amide bonds. The van der Waals surface area contributed by atoms with Crippen LogP contribution in [-0.2, 0) is 0 Å². The van der Waals surface area contributed by atoms with Crippen LogP contribution in [0, 0.1) is 0 Å². The van der Waals surface area contributed by atoms with Crippen LogP contribution in [0.4, 0.5) is 5.82 Å². The van der Waals surface area contributed by atoms with Gasteiger partial charge in [0.05, 0.1) is 25.2 Å². The highest BCUT2D eigenvalue weighted by Gasteiger charge is 2.09. The van der Waals surface area contributed by atoms with Crippen LogP contribution in [0.3, 0.4) is 0 Å². The second kappa shape index (κ2) is 8.53. The fourth-order valence-corrected chi connectivity index (χ4v) is 2.98. The summed E-state index contributed by atoms with van der Waals surface area (Å²) in [4.78, 5) is 15.3. The van der Waals surface area contributed by atoms with Crippen molar-refractivity contribution in [3.05, 3.63) is 48.8 Å². The monoisotopic (exact) mass is 336 g/mol. The summed E-state index contributed by atoms with van der Waals surface area (Å²) >= 11 is 0. The Balaban J connectivity index is 1.81. The Bertz CT molecular complexity index is 800. The van der Waals surface area contributed by atoms with Gasteiger partial charge in [0.1, 0.15) is 5.82 Å². The molecule has 0 spiro atoms. The van der Waals surface area contributed by atoms with Crippen LogP contribution in [0.1, 0.15) is 20.3 Å². The maximum absolute atomic E-state index is 4.76. The minimum atomic E-state index is 0.712. The molecule has 0 atom stereocenters. The molecule has 3 aromatic rings. The summed E-state index contributed by atoms with van der Waals surface area (Å²) < 4.78 is 0. The van der Waals surface area contributed by atoms with Crippen LogP contribution in [0.5, 0.6) is 0 Å². The molecule has 0 bridgehead atoms. The van der Waals surface area contributed by atoms with Gasteiger partial charge in [-0.15, -0.1) is 0 Å². The van der Waals surface area contributed by atoms with E-state index in [4.69, 9.17) is 9.97 Å². The molecule has 3 rings (SSSR count). The van der Waals surface area contributed by atoms with Gasteiger partial charge in [0.2, 0.25) is 0 Å². The Morgan fingerprint density at radius 1 is 1.00 bits per heavy atom. The van der Waals surface area contributed by atoms with Gasteiger partial charge < -0.3 is 10.2 Å². The van der Waals surface area contributed by atoms with Crippen LogP contribution < -0.4 is 10.2 Å². The molecule has 0 fully saturated rings. The highest BCUT2D eigenvalue weighted by Crippen LogP contribution is 2.24. The molecule has 0 saturated carbocycles. The Hall–Kier alpha value is -2.53. The van der Waals surface area contributed by atoms with Crippen molar-refractivity contribution in [3.63, 3.8) is 0 Å². The van der Waals surface area contributed by atoms with E-state index in [9.17, 15) is 0 Å². The number of quaternary nitrogens is 1. The third kappa shape index (κ3) is 4.31. The summed E-state index contributed by atoms with van der Waals surface area (Å²) in [5.74, 6) is 1.61. The Labute approximate surface area is 149 Å². The van der Waals surface area contributed by atoms with E-state index >= 15 is 0 Å². The lowest BCUT2D eigenvalue weighted by Gasteiger charge is -2.16. The van der Waals surface area contributed by atoms with Gasteiger partial charge in [-0.1, -0.05) is 12.1 Å². The Morgan fingerprint density at radius 2 is 1.84 bits per heavy atom. The summed E-state index contributed by atoms with van der Waals surface area (Å²) in [6, 6.07) is 12.0. The van der Waals surface area contributed by atoms with Gasteiger partial charge in [-0.25, -0.2) is 9.97 Å². The van der Waals surface area contributed by atoms with E-state index in [-0.39, 0.29) is 0 Å². The van der Waals surface area contributed by atoms with Crippen molar-refractivity contribution in [2.24, 2.45) is 0 Å². The molecule has 0 saturated heterocycles. The SMILES string of the molecule is CC[NH+](CC)CCCNc1nc(-c2cccnc2)nc2ccccc12. The van der Waals surface area contributed by atoms with Gasteiger partial charge in [0, 0.05) is 36.3 Å². The minimum Gasteiger partial charge on any atom is -0.369 e. The number of hydrogen-bond donors (Lipinski definition) is 2. The van der Waals surface area contributed by atoms with Crippen molar-refractivity contribution in [1.29, 1.82) is 0 Å². The highest BCUT2D eigenvalue weighted by atomic mass is 15.1. The lowest BCUT2D eigenvalue weighted by atomic mass is 10.2. The van der Waals surface area contributed by atoms with Crippen molar-refractivity contribution in [2.75, 3.05) is 31.5 Å². The van der Waals surface area contributed by atoms with E-state index in [1.165, 1.54) is 19.6 Å². The number of anilines is 1. The summed E-state index contributed by atoms with van der Waals surface area (Å²) in [5, 5.41) is 4.58. The first-order chi connectivity index (χ1) is 12.3. The lowest BCUT2D eigenvalue weighted by molar-refractivity contribution is -0.896. The number of aromatic nitrogens is 3. The van der Waals surface area contributed by atoms with Crippen molar-refractivity contribution in [3.8, 4) is 11.4 Å². The van der Waals surface area contributed by atoms with Gasteiger partial charge >= 0.3 is 0 Å². The molecule has 1 aromatic carbocycles. The first kappa shape index (κ1) is 17.3. The first-order valence-corrected chi connectivity index (χ1v) is 9.06. The number of hydrogen-bond acceptors (Lipinski definition) is 4. The van der Waals surface area contributed by atoms with Crippen LogP contribution in [0.15, 0.2) is 48.8 Å². The molecule has 5 nitrogen and oxygen atoms in total. The molecule has 0 radical (unpaired) electrons. The van der Waals surface area contributed by atoms with E-state index in [0.29, 0.717) is 5.82 Å². The number of benzene rings is 1. The maximum atomic E-state index is 4.76. The Kier molecular flexibility index (Phi) is 5.90. The number of rotatable bonds is 8. The van der Waals surface area contributed by atoms with E-state index in [1.807, 2.05) is 30.3 Å². The lowest BCUT2D eigenvalue weighted by Crippen LogP contribution is -3.11. The minimum absolute atomic E-state index is 0.712. The molecular weight excluding hydrogens is 310 g/mol. The Morgan fingerprint density at radius 3 is 2.60 bits per heavy atom. The molecule has 2 heterocycles. The van der Waals surface area contributed by atoms with Crippen LogP contribution in [0.25, 0.3) is 22.3 Å². The third-order valence-corrected chi connectivity index (χ3v) is 4.52. The zero-order chi connectivity index (χ0) is 17.5. The summed E-state index contributed by atoms with van der Waals surface area (Å²) in [7, 11) is 0. The quantitative estimate of drug-likeness (QED) is 0.620. The second-order valence-electron chi connectivity index (χ2n) is 6.14. The van der Waals surface area contributed by atoms with Gasteiger partial charge in [0.15, 0.2) is 5.82 Å². The average molecular weight is 336 g/mol. The van der Waals surface area contributed by atoms with E-state index in [0.717, 1.165) is 35.2 Å². The predicted molar refractivity (Wildman–Crippen MR) is 103 cm³/mol. The summed E-state index contributed by atoms with van der Waals surface area (Å²) in [5.41, 5.74) is 1.89. The van der Waals surface area contributed by atoms with Crippen LogP contribution in [0.2, 0.25) is 0 Å². The summed E-state index contributed by atoms with van der Waals surface area (Å²) in [6.45, 7) is 8.93. The molecule has 0 unspecified atom stereocenters. The van der Waals surface area contributed by atoms with Crippen LogP contribution in [-0.4, -0.2) is 41.1 Å². The summed E-state index contributed by atoms with van der Waals surface area (Å²) in [6.07, 6.45) is 4.69. The smallest absolute Gasteiger partial charge is 0.163 e. The maximum Gasteiger partial charge on any atom is 0.163 e. The molecule has 130 valence electrons. The van der Waals surface area contributed by atoms with E-state index < -0.39 is 0 Å². The zero-order valence-corrected chi connectivity index (χ0v) is 15.0. The molecule has 5 heteroatoms. The number of nitrogens with zero attached hydrogens (tertiary/aromatic N) is 3. The van der Waals surface area contributed by atoms with Crippen LogP contribution >= 0.6 is 0 Å². The molecule has 0 aliphatic rings. The predicted octanol–water partition coefficient (Wildman–Crippen LogP) is 2.42. The van der Waals surface area contributed by atoms with Crippen molar-refractivity contribution >= 4 is 16.7 Å². The van der Waals surface area contributed by atoms with Gasteiger partial charge in [-0.2, -0.15) is 0 Å². The highest BCUT2D eigenvalue weighted by molar-refractivity contribution is 5.90. The van der Waals surface area contributed by atoms with Crippen molar-refractivity contribution in [1.82, 2.24) is 15.0 Å². The van der Waals surface area contributed by atoms with Crippen molar-refractivity contribution in [2.45, 2.75) is 20.3 Å². The fourth-order valence-electron chi connectivity index (χ4n) is 2.98. The number of para-hydroxylation sites is 1. The normalized spacial score (nSPS) is 11.2. The zero-order valence-electron chi connectivity index (χ0n) is 15.0. The first-order valence-electron chi connectivity index (χ1n) is 9.06. The molecule has 0 aliphatic heterocycles. The number of pyridine rings is 1. The van der Waals surface area contributed by atoms with E-state index in [1.54, 1.807) is 17.3 Å². The number of nitrogens with one attached hydrogen (secondary N) is 2. The van der Waals surface area contributed by atoms with Crippen molar-refractivity contribution < 1.29 is 4.90 Å². The molecule has 2 aromatic heterocycles. The van der Waals surface area contributed by atoms with Gasteiger partial charge in [0.25, 0.3) is 0 Å². The second-order valence-corrected chi connectivity index (χ2v) is 6.14.